The molecule has 8 nitrogen and oxygen atoms in total. The van der Waals surface area contributed by atoms with Crippen molar-refractivity contribution in [1.29, 1.82) is 0 Å². The molecule has 0 unspecified atom stereocenters. The first kappa shape index (κ1) is 16.8. The molecule has 0 amide bonds. The van der Waals surface area contributed by atoms with Gasteiger partial charge in [0.25, 0.3) is 0 Å². The van der Waals surface area contributed by atoms with Crippen molar-refractivity contribution in [3.05, 3.63) is 36.2 Å². The minimum absolute atomic E-state index is 0.627. The number of anilines is 1. The van der Waals surface area contributed by atoms with E-state index in [4.69, 9.17) is 10.7 Å². The highest BCUT2D eigenvalue weighted by Crippen LogP contribution is 2.15. The second kappa shape index (κ2) is 7.72. The number of aliphatic imine (C=N–C) groups is 1. The maximum atomic E-state index is 6.19. The predicted octanol–water partition coefficient (Wildman–Crippen LogP) is 0.689. The highest BCUT2D eigenvalue weighted by Gasteiger charge is 2.20. The number of hydrogen-bond donors (Lipinski definition) is 1. The molecular weight excluding hydrogens is 328 g/mol. The molecule has 2 aromatic heterocycles. The van der Waals surface area contributed by atoms with Gasteiger partial charge in [-0.05, 0) is 18.9 Å². The molecule has 2 N–H and O–H groups in total. The number of rotatable bonds is 4. The van der Waals surface area contributed by atoms with Gasteiger partial charge >= 0.3 is 0 Å². The molecule has 138 valence electrons. The van der Waals surface area contributed by atoms with Gasteiger partial charge in [-0.25, -0.2) is 15.0 Å². The van der Waals surface area contributed by atoms with Gasteiger partial charge in [0.05, 0.1) is 5.69 Å². The molecule has 0 aromatic carbocycles. The minimum atomic E-state index is 0.627. The molecule has 4 rings (SSSR count). The van der Waals surface area contributed by atoms with E-state index in [1.165, 1.54) is 18.7 Å². The number of aromatic nitrogens is 4. The number of imidazole rings is 1. The molecule has 0 bridgehead atoms. The van der Waals surface area contributed by atoms with Crippen molar-refractivity contribution >= 4 is 11.9 Å². The van der Waals surface area contributed by atoms with E-state index >= 15 is 0 Å². The number of guanidine groups is 1. The van der Waals surface area contributed by atoms with Gasteiger partial charge in [-0.2, -0.15) is 0 Å². The Balaban J connectivity index is 1.27. The smallest absolute Gasteiger partial charge is 0.225 e. The average molecular weight is 354 g/mol. The molecule has 1 saturated heterocycles. The van der Waals surface area contributed by atoms with E-state index in [1.807, 2.05) is 6.07 Å². The van der Waals surface area contributed by atoms with Crippen LogP contribution in [0.15, 0.2) is 29.6 Å². The largest absolute Gasteiger partial charge is 0.370 e. The third-order valence-electron chi connectivity index (χ3n) is 5.04. The lowest BCUT2D eigenvalue weighted by Crippen LogP contribution is -2.51. The van der Waals surface area contributed by atoms with Gasteiger partial charge in [-0.15, -0.1) is 0 Å². The van der Waals surface area contributed by atoms with Gasteiger partial charge in [0.1, 0.15) is 5.82 Å². The first-order chi connectivity index (χ1) is 12.8. The second-order valence-corrected chi connectivity index (χ2v) is 6.81. The molecular formula is C18H26N8. The summed E-state index contributed by atoms with van der Waals surface area (Å²) in [4.78, 5) is 22.2. The highest BCUT2D eigenvalue weighted by molar-refractivity contribution is 5.78. The Morgan fingerprint density at radius 2 is 1.88 bits per heavy atom. The quantitative estimate of drug-likeness (QED) is 0.642. The van der Waals surface area contributed by atoms with E-state index in [-0.39, 0.29) is 0 Å². The maximum absolute atomic E-state index is 6.19. The second-order valence-electron chi connectivity index (χ2n) is 6.81. The van der Waals surface area contributed by atoms with Gasteiger partial charge in [-0.3, -0.25) is 4.99 Å². The van der Waals surface area contributed by atoms with Crippen LogP contribution in [0.4, 0.5) is 5.95 Å². The van der Waals surface area contributed by atoms with Gasteiger partial charge in [0, 0.05) is 70.7 Å². The van der Waals surface area contributed by atoms with Crippen LogP contribution in [0.5, 0.6) is 0 Å². The molecule has 8 heteroatoms. The number of nitrogens with two attached hydrogens (primary N) is 1. The van der Waals surface area contributed by atoms with E-state index in [9.17, 15) is 0 Å². The molecule has 2 aliphatic rings. The number of hydrogen-bond acceptors (Lipinski definition) is 5. The topological polar surface area (TPSA) is 88.5 Å². The zero-order valence-corrected chi connectivity index (χ0v) is 15.1. The Kier molecular flexibility index (Phi) is 4.99. The van der Waals surface area contributed by atoms with E-state index < -0.39 is 0 Å². The van der Waals surface area contributed by atoms with Crippen LogP contribution in [0.2, 0.25) is 0 Å². The van der Waals surface area contributed by atoms with Crippen LogP contribution in [0, 0.1) is 0 Å². The van der Waals surface area contributed by atoms with Crippen LogP contribution in [0.1, 0.15) is 24.4 Å². The highest BCUT2D eigenvalue weighted by atomic mass is 15.3. The summed E-state index contributed by atoms with van der Waals surface area (Å²) in [6.45, 7) is 5.17. The van der Waals surface area contributed by atoms with Crippen LogP contribution in [-0.4, -0.2) is 63.1 Å². The van der Waals surface area contributed by atoms with E-state index in [0.29, 0.717) is 12.5 Å². The standard InChI is InChI=1S/C18H26N8/c19-17(20-8-5-15-14-26-9-2-1-4-16(26)23-15)24-10-12-25(13-11-24)18-21-6-3-7-22-18/h3,6-7,14H,1-2,4-5,8-13H2,(H2,19,20). The van der Waals surface area contributed by atoms with Crippen molar-refractivity contribution in [2.45, 2.75) is 32.2 Å². The third kappa shape index (κ3) is 3.79. The van der Waals surface area contributed by atoms with E-state index in [1.54, 1.807) is 12.4 Å². The summed E-state index contributed by atoms with van der Waals surface area (Å²) >= 11 is 0. The minimum Gasteiger partial charge on any atom is -0.370 e. The molecule has 2 aliphatic heterocycles. The molecule has 4 heterocycles. The molecule has 0 atom stereocenters. The Bertz CT molecular complexity index is 722. The fraction of sp³-hybridized carbons (Fsp3) is 0.556. The van der Waals surface area contributed by atoms with Crippen molar-refractivity contribution in [3.8, 4) is 0 Å². The van der Waals surface area contributed by atoms with Gasteiger partial charge in [0.15, 0.2) is 5.96 Å². The summed E-state index contributed by atoms with van der Waals surface area (Å²) in [5.41, 5.74) is 7.32. The molecule has 26 heavy (non-hydrogen) atoms. The molecule has 0 radical (unpaired) electrons. The van der Waals surface area contributed by atoms with Crippen LogP contribution in [0.3, 0.4) is 0 Å². The third-order valence-corrected chi connectivity index (χ3v) is 5.04. The lowest BCUT2D eigenvalue weighted by atomic mass is 10.2. The molecule has 0 saturated carbocycles. The summed E-state index contributed by atoms with van der Waals surface area (Å²) in [6.07, 6.45) is 10.2. The van der Waals surface area contributed by atoms with Crippen molar-refractivity contribution in [2.24, 2.45) is 10.7 Å². The maximum Gasteiger partial charge on any atom is 0.225 e. The molecule has 0 aliphatic carbocycles. The number of piperazine rings is 1. The van der Waals surface area contributed by atoms with Crippen LogP contribution >= 0.6 is 0 Å². The summed E-state index contributed by atoms with van der Waals surface area (Å²) in [6, 6.07) is 1.83. The SMILES string of the molecule is NC(=NCCc1cn2c(n1)CCCC2)N1CCN(c2ncccn2)CC1. The summed E-state index contributed by atoms with van der Waals surface area (Å²) in [5.74, 6) is 2.64. The Labute approximate surface area is 153 Å². The van der Waals surface area contributed by atoms with Crippen LogP contribution < -0.4 is 10.6 Å². The molecule has 1 fully saturated rings. The van der Waals surface area contributed by atoms with Crippen molar-refractivity contribution in [2.75, 3.05) is 37.6 Å². The van der Waals surface area contributed by atoms with Crippen LogP contribution in [0.25, 0.3) is 0 Å². The summed E-state index contributed by atoms with van der Waals surface area (Å²) < 4.78 is 2.29. The Hall–Kier alpha value is -2.64. The first-order valence-corrected chi connectivity index (χ1v) is 9.41. The predicted molar refractivity (Wildman–Crippen MR) is 101 cm³/mol. The zero-order chi connectivity index (χ0) is 17.8. The lowest BCUT2D eigenvalue weighted by molar-refractivity contribution is 0.378. The Morgan fingerprint density at radius 3 is 2.65 bits per heavy atom. The number of aryl methyl sites for hydroxylation is 2. The van der Waals surface area contributed by atoms with E-state index in [0.717, 1.165) is 57.2 Å². The van der Waals surface area contributed by atoms with Crippen molar-refractivity contribution in [1.82, 2.24) is 24.4 Å². The lowest BCUT2D eigenvalue weighted by Gasteiger charge is -2.35. The number of fused-ring (bicyclic) bond motifs is 1. The van der Waals surface area contributed by atoms with Gasteiger partial charge in [0.2, 0.25) is 5.95 Å². The normalized spacial score (nSPS) is 18.1. The fourth-order valence-electron chi connectivity index (χ4n) is 3.57. The van der Waals surface area contributed by atoms with Gasteiger partial charge < -0.3 is 20.1 Å². The summed E-state index contributed by atoms with van der Waals surface area (Å²) in [5, 5.41) is 0. The van der Waals surface area contributed by atoms with Crippen LogP contribution in [-0.2, 0) is 19.4 Å². The zero-order valence-electron chi connectivity index (χ0n) is 15.1. The first-order valence-electron chi connectivity index (χ1n) is 9.41. The fourth-order valence-corrected chi connectivity index (χ4v) is 3.57. The van der Waals surface area contributed by atoms with Gasteiger partial charge in [-0.1, -0.05) is 0 Å². The monoisotopic (exact) mass is 354 g/mol. The van der Waals surface area contributed by atoms with E-state index in [2.05, 4.69) is 35.5 Å². The van der Waals surface area contributed by atoms with Crippen molar-refractivity contribution < 1.29 is 0 Å². The molecule has 0 spiro atoms. The molecule has 2 aromatic rings. The average Bonchev–Trinajstić information content (AvgIpc) is 3.11. The Morgan fingerprint density at radius 1 is 1.08 bits per heavy atom. The number of nitrogens with zero attached hydrogens (tertiary/aromatic N) is 7. The summed E-state index contributed by atoms with van der Waals surface area (Å²) in [7, 11) is 0. The van der Waals surface area contributed by atoms with Crippen molar-refractivity contribution in [3.63, 3.8) is 0 Å².